The van der Waals surface area contributed by atoms with Gasteiger partial charge >= 0.3 is 5.97 Å². The van der Waals surface area contributed by atoms with Gasteiger partial charge in [-0.1, -0.05) is 27.7 Å². The number of hydrogen-bond acceptors (Lipinski definition) is 5. The Hall–Kier alpha value is -1.75. The number of phenolic OH excluding ortho intramolecular Hbond substituents is 2. The zero-order valence-corrected chi connectivity index (χ0v) is 13.2. The van der Waals surface area contributed by atoms with Gasteiger partial charge in [0.1, 0.15) is 5.56 Å². The third-order valence-electron chi connectivity index (χ3n) is 3.46. The van der Waals surface area contributed by atoms with Crippen LogP contribution in [0.4, 0.5) is 0 Å². The highest BCUT2D eigenvalue weighted by Crippen LogP contribution is 2.40. The second-order valence-electron chi connectivity index (χ2n) is 4.76. The van der Waals surface area contributed by atoms with Crippen LogP contribution in [-0.2, 0) is 29.0 Å². The van der Waals surface area contributed by atoms with Gasteiger partial charge in [0.25, 0.3) is 0 Å². The molecule has 118 valence electrons. The van der Waals surface area contributed by atoms with E-state index in [2.05, 4.69) is 0 Å². The zero-order valence-electron chi connectivity index (χ0n) is 13.2. The highest BCUT2D eigenvalue weighted by Gasteiger charge is 2.26. The molecular formula is C16H24O5. The third-order valence-corrected chi connectivity index (χ3v) is 3.46. The quantitative estimate of drug-likeness (QED) is 0.349. The summed E-state index contributed by atoms with van der Waals surface area (Å²) >= 11 is 0. The Morgan fingerprint density at radius 1 is 0.905 bits per heavy atom. The van der Waals surface area contributed by atoms with Crippen LogP contribution in [0.2, 0.25) is 0 Å². The molecule has 0 aliphatic carbocycles. The minimum absolute atomic E-state index is 0.000142. The van der Waals surface area contributed by atoms with Crippen LogP contribution >= 0.6 is 0 Å². The van der Waals surface area contributed by atoms with Gasteiger partial charge < -0.3 is 10.2 Å². The number of rotatable bonds is 7. The average molecular weight is 296 g/mol. The molecule has 0 aliphatic rings. The van der Waals surface area contributed by atoms with Gasteiger partial charge in [-0.2, -0.15) is 4.89 Å². The van der Waals surface area contributed by atoms with Crippen molar-refractivity contribution < 1.29 is 24.8 Å². The van der Waals surface area contributed by atoms with Crippen LogP contribution in [0, 0.1) is 0 Å². The maximum absolute atomic E-state index is 12.1. The van der Waals surface area contributed by atoms with Crippen molar-refractivity contribution in [2.45, 2.75) is 53.4 Å². The van der Waals surface area contributed by atoms with Crippen molar-refractivity contribution in [3.63, 3.8) is 0 Å². The van der Waals surface area contributed by atoms with E-state index in [-0.39, 0.29) is 17.9 Å². The second-order valence-corrected chi connectivity index (χ2v) is 4.76. The largest absolute Gasteiger partial charge is 0.504 e. The van der Waals surface area contributed by atoms with Gasteiger partial charge in [0, 0.05) is 5.56 Å². The van der Waals surface area contributed by atoms with E-state index in [1.807, 2.05) is 27.7 Å². The van der Waals surface area contributed by atoms with Crippen LogP contribution in [0.5, 0.6) is 11.5 Å². The molecule has 5 nitrogen and oxygen atoms in total. The fourth-order valence-corrected chi connectivity index (χ4v) is 2.52. The first-order valence-corrected chi connectivity index (χ1v) is 7.45. The molecule has 0 bridgehead atoms. The van der Waals surface area contributed by atoms with E-state index in [0.717, 1.165) is 5.56 Å². The molecule has 1 aromatic carbocycles. The number of hydrogen-bond donors (Lipinski definition) is 2. The third kappa shape index (κ3) is 3.47. The van der Waals surface area contributed by atoms with Crippen LogP contribution in [0.25, 0.3) is 0 Å². The van der Waals surface area contributed by atoms with Crippen molar-refractivity contribution in [2.75, 3.05) is 6.61 Å². The lowest BCUT2D eigenvalue weighted by Gasteiger charge is -2.18. The monoisotopic (exact) mass is 296 g/mol. The van der Waals surface area contributed by atoms with E-state index in [1.165, 1.54) is 0 Å². The average Bonchev–Trinajstić information content (AvgIpc) is 2.48. The van der Waals surface area contributed by atoms with Gasteiger partial charge in [-0.15, -0.1) is 0 Å². The highest BCUT2D eigenvalue weighted by atomic mass is 17.2. The van der Waals surface area contributed by atoms with Crippen LogP contribution in [0.3, 0.4) is 0 Å². The van der Waals surface area contributed by atoms with Gasteiger partial charge in [-0.3, -0.25) is 4.89 Å². The fourth-order valence-electron chi connectivity index (χ4n) is 2.52. The summed E-state index contributed by atoms with van der Waals surface area (Å²) in [7, 11) is 0. The summed E-state index contributed by atoms with van der Waals surface area (Å²) in [6.07, 6.45) is 2.51. The number of carbonyl (C=O) groups is 1. The number of benzene rings is 1. The summed E-state index contributed by atoms with van der Waals surface area (Å²) in [5.74, 6) is -1.44. The van der Waals surface area contributed by atoms with Crippen molar-refractivity contribution in [3.8, 4) is 11.5 Å². The topological polar surface area (TPSA) is 76.0 Å². The van der Waals surface area contributed by atoms with E-state index in [4.69, 9.17) is 9.78 Å². The molecule has 0 saturated carbocycles. The first-order chi connectivity index (χ1) is 10.0. The smallest absolute Gasteiger partial charge is 0.377 e. The number of aromatic hydroxyl groups is 2. The SMILES string of the molecule is CCCOOC(=O)c1c(O)c(O)c(CC)c(CC)c1CC. The maximum Gasteiger partial charge on any atom is 0.377 e. The first-order valence-electron chi connectivity index (χ1n) is 7.45. The van der Waals surface area contributed by atoms with Crippen LogP contribution in [0.1, 0.15) is 61.2 Å². The number of phenols is 2. The predicted molar refractivity (Wildman–Crippen MR) is 79.6 cm³/mol. The van der Waals surface area contributed by atoms with E-state index in [1.54, 1.807) is 0 Å². The Bertz CT molecular complexity index is 508. The summed E-state index contributed by atoms with van der Waals surface area (Å²) in [5.41, 5.74) is 2.27. The molecule has 0 heterocycles. The Kier molecular flexibility index (Phi) is 6.49. The predicted octanol–water partition coefficient (Wildman–Crippen LogP) is 3.28. The lowest BCUT2D eigenvalue weighted by atomic mass is 9.89. The summed E-state index contributed by atoms with van der Waals surface area (Å²) in [5, 5.41) is 20.3. The van der Waals surface area contributed by atoms with Gasteiger partial charge in [0.05, 0.1) is 6.61 Å². The second kappa shape index (κ2) is 7.88. The molecule has 0 fully saturated rings. The molecule has 0 atom stereocenters. The minimum atomic E-state index is -0.773. The molecule has 0 unspecified atom stereocenters. The molecule has 21 heavy (non-hydrogen) atoms. The summed E-state index contributed by atoms with van der Waals surface area (Å²) in [6.45, 7) is 7.92. The summed E-state index contributed by atoms with van der Waals surface area (Å²) < 4.78 is 0. The standard InChI is InChI=1S/C16H24O5/c1-5-9-20-21-16(19)13-11(7-3)10(6-2)12(8-4)14(17)15(13)18/h17-18H,5-9H2,1-4H3. The molecule has 0 saturated heterocycles. The molecule has 0 aromatic heterocycles. The van der Waals surface area contributed by atoms with Crippen molar-refractivity contribution >= 4 is 5.97 Å². The molecule has 2 N–H and O–H groups in total. The van der Waals surface area contributed by atoms with Gasteiger partial charge in [0.2, 0.25) is 0 Å². The van der Waals surface area contributed by atoms with E-state index in [0.29, 0.717) is 36.8 Å². The molecule has 1 aromatic rings. The van der Waals surface area contributed by atoms with E-state index < -0.39 is 11.7 Å². The molecule has 1 rings (SSSR count). The molecule has 0 radical (unpaired) electrons. The van der Waals surface area contributed by atoms with Crippen LogP contribution in [0.15, 0.2) is 0 Å². The molecule has 5 heteroatoms. The lowest BCUT2D eigenvalue weighted by molar-refractivity contribution is -0.240. The lowest BCUT2D eigenvalue weighted by Crippen LogP contribution is -2.13. The summed E-state index contributed by atoms with van der Waals surface area (Å²) in [4.78, 5) is 21.6. The first kappa shape index (κ1) is 17.3. The molecular weight excluding hydrogens is 272 g/mol. The Morgan fingerprint density at radius 3 is 1.95 bits per heavy atom. The van der Waals surface area contributed by atoms with Crippen molar-refractivity contribution in [3.05, 3.63) is 22.3 Å². The summed E-state index contributed by atoms with van der Waals surface area (Å²) in [6, 6.07) is 0. The molecule has 0 spiro atoms. The van der Waals surface area contributed by atoms with Crippen molar-refractivity contribution in [2.24, 2.45) is 0 Å². The van der Waals surface area contributed by atoms with Crippen LogP contribution < -0.4 is 0 Å². The van der Waals surface area contributed by atoms with Gasteiger partial charge in [0.15, 0.2) is 11.5 Å². The Balaban J connectivity index is 3.36. The van der Waals surface area contributed by atoms with Gasteiger partial charge in [-0.25, -0.2) is 4.79 Å². The van der Waals surface area contributed by atoms with Crippen molar-refractivity contribution in [1.82, 2.24) is 0 Å². The minimum Gasteiger partial charge on any atom is -0.504 e. The number of carbonyl (C=O) groups excluding carboxylic acids is 1. The molecule has 0 amide bonds. The van der Waals surface area contributed by atoms with Crippen molar-refractivity contribution in [1.29, 1.82) is 0 Å². The Morgan fingerprint density at radius 2 is 1.48 bits per heavy atom. The molecule has 0 aliphatic heterocycles. The normalized spacial score (nSPS) is 10.7. The highest BCUT2D eigenvalue weighted by molar-refractivity contribution is 5.95. The zero-order chi connectivity index (χ0) is 16.0. The van der Waals surface area contributed by atoms with E-state index in [9.17, 15) is 15.0 Å². The van der Waals surface area contributed by atoms with Gasteiger partial charge in [-0.05, 0) is 36.8 Å². The Labute approximate surface area is 125 Å². The van der Waals surface area contributed by atoms with E-state index >= 15 is 0 Å². The maximum atomic E-state index is 12.1. The van der Waals surface area contributed by atoms with Crippen LogP contribution in [-0.4, -0.2) is 22.8 Å². The fraction of sp³-hybridized carbons (Fsp3) is 0.562.